The third-order valence-electron chi connectivity index (χ3n) is 6.35. The first kappa shape index (κ1) is 8.19. The minimum absolute atomic E-state index is 0.907. The lowest BCUT2D eigenvalue weighted by molar-refractivity contribution is -0.0417. The Morgan fingerprint density at radius 3 is 1.79 bits per heavy atom. The van der Waals surface area contributed by atoms with Gasteiger partial charge < -0.3 is 0 Å². The second-order valence-electron chi connectivity index (χ2n) is 6.74. The van der Waals surface area contributed by atoms with Crippen LogP contribution in [0.15, 0.2) is 0 Å². The van der Waals surface area contributed by atoms with Gasteiger partial charge in [-0.1, -0.05) is 19.3 Å². The second kappa shape index (κ2) is 2.57. The summed E-state index contributed by atoms with van der Waals surface area (Å²) in [5.41, 5.74) is 0.907. The number of fused-ring (bicyclic) bond motifs is 4. The Kier molecular flexibility index (Phi) is 1.50. The Morgan fingerprint density at radius 1 is 0.643 bits per heavy atom. The average molecular weight is 190 g/mol. The van der Waals surface area contributed by atoms with Gasteiger partial charge >= 0.3 is 0 Å². The predicted octanol–water partition coefficient (Wildman–Crippen LogP) is 4.00. The summed E-state index contributed by atoms with van der Waals surface area (Å²) < 4.78 is 0. The molecule has 0 aliphatic heterocycles. The molecule has 78 valence electrons. The highest BCUT2D eigenvalue weighted by atomic mass is 14.6. The van der Waals surface area contributed by atoms with Gasteiger partial charge in [-0.3, -0.25) is 0 Å². The van der Waals surface area contributed by atoms with Crippen molar-refractivity contribution in [1.29, 1.82) is 0 Å². The van der Waals surface area contributed by atoms with Gasteiger partial charge in [0.15, 0.2) is 0 Å². The van der Waals surface area contributed by atoms with E-state index in [-0.39, 0.29) is 0 Å². The van der Waals surface area contributed by atoms with E-state index < -0.39 is 0 Å². The van der Waals surface area contributed by atoms with Crippen LogP contribution in [0.5, 0.6) is 0 Å². The number of rotatable bonds is 0. The maximum atomic E-state index is 1.65. The van der Waals surface area contributed by atoms with Crippen molar-refractivity contribution in [1.82, 2.24) is 0 Å². The molecule has 1 unspecified atom stereocenters. The molecule has 0 radical (unpaired) electrons. The third-order valence-corrected chi connectivity index (χ3v) is 6.35. The quantitative estimate of drug-likeness (QED) is 0.541. The van der Waals surface area contributed by atoms with Gasteiger partial charge in [-0.25, -0.2) is 0 Å². The van der Waals surface area contributed by atoms with Gasteiger partial charge in [0.1, 0.15) is 0 Å². The predicted molar refractivity (Wildman–Crippen MR) is 57.9 cm³/mol. The Morgan fingerprint density at radius 2 is 1.29 bits per heavy atom. The maximum absolute atomic E-state index is 1.65. The van der Waals surface area contributed by atoms with Crippen molar-refractivity contribution in [2.45, 2.75) is 57.8 Å². The molecule has 5 rings (SSSR count). The van der Waals surface area contributed by atoms with Gasteiger partial charge in [0.05, 0.1) is 0 Å². The zero-order valence-corrected chi connectivity index (χ0v) is 9.17. The molecule has 1 spiro atoms. The third kappa shape index (κ3) is 0.864. The molecule has 0 amide bonds. The summed E-state index contributed by atoms with van der Waals surface area (Å²) in [7, 11) is 0. The highest BCUT2D eigenvalue weighted by Gasteiger charge is 2.57. The Balaban J connectivity index is 1.70. The van der Waals surface area contributed by atoms with E-state index in [2.05, 4.69) is 0 Å². The normalized spacial score (nSPS) is 60.0. The van der Waals surface area contributed by atoms with E-state index >= 15 is 0 Å². The average Bonchev–Trinajstić information content (AvgIpc) is 2.79. The molecule has 0 aromatic rings. The Labute approximate surface area is 87.5 Å². The summed E-state index contributed by atoms with van der Waals surface area (Å²) in [4.78, 5) is 0. The van der Waals surface area contributed by atoms with Gasteiger partial charge in [0.2, 0.25) is 0 Å². The fourth-order valence-corrected chi connectivity index (χ4v) is 5.88. The molecule has 0 aromatic carbocycles. The van der Waals surface area contributed by atoms with Crippen LogP contribution in [0.3, 0.4) is 0 Å². The second-order valence-corrected chi connectivity index (χ2v) is 6.74. The van der Waals surface area contributed by atoms with Crippen LogP contribution in [0, 0.1) is 29.1 Å². The monoisotopic (exact) mass is 190 g/mol. The molecule has 0 nitrogen and oxygen atoms in total. The van der Waals surface area contributed by atoms with E-state index in [9.17, 15) is 0 Å². The van der Waals surface area contributed by atoms with Crippen molar-refractivity contribution in [2.24, 2.45) is 29.1 Å². The van der Waals surface area contributed by atoms with Crippen molar-refractivity contribution >= 4 is 0 Å². The molecular weight excluding hydrogens is 168 g/mol. The van der Waals surface area contributed by atoms with Crippen molar-refractivity contribution in [3.05, 3.63) is 0 Å². The smallest absolute Gasteiger partial charge is 0.0236 e. The topological polar surface area (TPSA) is 0 Å². The molecule has 14 heavy (non-hydrogen) atoms. The standard InChI is InChI=1S/C14H22/c1-4-12-5-2-10(1)8-14(12)9-11-3-6-13(14)7-11/h10-13H,1-9H2/t10?,11-,12?,13+,14?/m1/s1. The molecule has 3 atom stereocenters. The van der Waals surface area contributed by atoms with Crippen LogP contribution in [-0.2, 0) is 0 Å². The molecule has 5 aliphatic carbocycles. The lowest BCUT2D eigenvalue weighted by atomic mass is 9.51. The molecule has 4 bridgehead atoms. The first-order chi connectivity index (χ1) is 6.87. The first-order valence-electron chi connectivity index (χ1n) is 6.87. The van der Waals surface area contributed by atoms with E-state index in [1.165, 1.54) is 17.8 Å². The van der Waals surface area contributed by atoms with Crippen LogP contribution in [0.4, 0.5) is 0 Å². The van der Waals surface area contributed by atoms with Crippen molar-refractivity contribution < 1.29 is 0 Å². The fourth-order valence-electron chi connectivity index (χ4n) is 5.88. The Hall–Kier alpha value is 0. The Bertz CT molecular complexity index is 249. The summed E-state index contributed by atoms with van der Waals surface area (Å²) >= 11 is 0. The van der Waals surface area contributed by atoms with Crippen LogP contribution in [0.2, 0.25) is 0 Å². The van der Waals surface area contributed by atoms with Crippen LogP contribution >= 0.6 is 0 Å². The van der Waals surface area contributed by atoms with Crippen molar-refractivity contribution in [3.8, 4) is 0 Å². The molecule has 5 fully saturated rings. The summed E-state index contributed by atoms with van der Waals surface area (Å²) in [5, 5.41) is 0. The fraction of sp³-hybridized carbons (Fsp3) is 1.00. The summed E-state index contributed by atoms with van der Waals surface area (Å²) in [5.74, 6) is 4.67. The van der Waals surface area contributed by atoms with Crippen LogP contribution < -0.4 is 0 Å². The van der Waals surface area contributed by atoms with Crippen molar-refractivity contribution in [3.63, 3.8) is 0 Å². The molecule has 0 heterocycles. The number of hydrogen-bond donors (Lipinski definition) is 0. The summed E-state index contributed by atoms with van der Waals surface area (Å²) in [6, 6.07) is 0. The van der Waals surface area contributed by atoms with Gasteiger partial charge in [0, 0.05) is 0 Å². The number of hydrogen-bond acceptors (Lipinski definition) is 0. The molecule has 5 saturated carbocycles. The summed E-state index contributed by atoms with van der Waals surface area (Å²) in [6.45, 7) is 0. The van der Waals surface area contributed by atoms with E-state index in [4.69, 9.17) is 0 Å². The molecule has 0 N–H and O–H groups in total. The van der Waals surface area contributed by atoms with Gasteiger partial charge in [-0.15, -0.1) is 0 Å². The largest absolute Gasteiger partial charge is 0.0501 e. The van der Waals surface area contributed by atoms with Crippen molar-refractivity contribution in [2.75, 3.05) is 0 Å². The molecule has 0 aromatic heterocycles. The zero-order valence-electron chi connectivity index (χ0n) is 9.17. The van der Waals surface area contributed by atoms with E-state index in [0.717, 1.165) is 11.3 Å². The van der Waals surface area contributed by atoms with Gasteiger partial charge in [-0.05, 0) is 67.6 Å². The van der Waals surface area contributed by atoms with E-state index in [1.807, 2.05) is 0 Å². The minimum atomic E-state index is 0.907. The molecule has 0 heteroatoms. The minimum Gasteiger partial charge on any atom is -0.0501 e. The molecule has 0 saturated heterocycles. The van der Waals surface area contributed by atoms with Crippen LogP contribution in [-0.4, -0.2) is 0 Å². The lowest BCUT2D eigenvalue weighted by Crippen LogP contribution is -2.45. The molecule has 5 aliphatic rings. The van der Waals surface area contributed by atoms with E-state index in [1.54, 1.807) is 57.8 Å². The summed E-state index contributed by atoms with van der Waals surface area (Å²) in [6.07, 6.45) is 14.5. The maximum Gasteiger partial charge on any atom is -0.0236 e. The van der Waals surface area contributed by atoms with Crippen LogP contribution in [0.25, 0.3) is 0 Å². The SMILES string of the molecule is C1CC2CCC1CC21C[C@@H]2CC[C@H]1C2. The lowest BCUT2D eigenvalue weighted by Gasteiger charge is -2.54. The highest BCUT2D eigenvalue weighted by molar-refractivity contribution is 5.07. The molecular formula is C14H22. The zero-order chi connectivity index (χ0) is 9.17. The van der Waals surface area contributed by atoms with E-state index in [0.29, 0.717) is 0 Å². The van der Waals surface area contributed by atoms with Gasteiger partial charge in [-0.2, -0.15) is 0 Å². The first-order valence-corrected chi connectivity index (χ1v) is 6.87. The van der Waals surface area contributed by atoms with Crippen LogP contribution in [0.1, 0.15) is 57.8 Å². The van der Waals surface area contributed by atoms with Gasteiger partial charge in [0.25, 0.3) is 0 Å². The highest BCUT2D eigenvalue weighted by Crippen LogP contribution is 2.67.